The van der Waals surface area contributed by atoms with E-state index in [9.17, 15) is 4.79 Å². The molecule has 3 saturated carbocycles. The van der Waals surface area contributed by atoms with Crippen molar-refractivity contribution in [3.8, 4) is 0 Å². The molecule has 100 valence electrons. The third-order valence-corrected chi connectivity index (χ3v) is 6.12. The number of hydrogen-bond acceptors (Lipinski definition) is 2. The average Bonchev–Trinajstić information content (AvgIpc) is 2.93. The van der Waals surface area contributed by atoms with Crippen LogP contribution in [-0.4, -0.2) is 25.0 Å². The van der Waals surface area contributed by atoms with Gasteiger partial charge in [-0.1, -0.05) is 6.42 Å². The minimum absolute atomic E-state index is 0.314. The Morgan fingerprint density at radius 3 is 2.72 bits per heavy atom. The first kappa shape index (κ1) is 11.3. The van der Waals surface area contributed by atoms with Crippen LogP contribution in [0.15, 0.2) is 0 Å². The Labute approximate surface area is 109 Å². The van der Waals surface area contributed by atoms with Crippen LogP contribution in [0.1, 0.15) is 38.5 Å². The van der Waals surface area contributed by atoms with Crippen molar-refractivity contribution >= 4 is 5.91 Å². The van der Waals surface area contributed by atoms with Crippen LogP contribution in [0.2, 0.25) is 0 Å². The van der Waals surface area contributed by atoms with Crippen LogP contribution < -0.4 is 10.6 Å². The summed E-state index contributed by atoms with van der Waals surface area (Å²) in [5.41, 5.74) is 0. The van der Waals surface area contributed by atoms with Crippen molar-refractivity contribution in [2.24, 2.45) is 29.6 Å². The molecule has 4 fully saturated rings. The summed E-state index contributed by atoms with van der Waals surface area (Å²) < 4.78 is 0. The number of carbonyl (C=O) groups is 1. The molecule has 0 aromatic heterocycles. The van der Waals surface area contributed by atoms with Crippen LogP contribution in [0.3, 0.4) is 0 Å². The monoisotopic (exact) mass is 248 g/mol. The van der Waals surface area contributed by atoms with Crippen LogP contribution in [0, 0.1) is 29.6 Å². The van der Waals surface area contributed by atoms with E-state index >= 15 is 0 Å². The maximum atomic E-state index is 12.0. The molecule has 3 aliphatic carbocycles. The fourth-order valence-electron chi connectivity index (χ4n) is 5.25. The van der Waals surface area contributed by atoms with Gasteiger partial charge < -0.3 is 10.6 Å². The molecule has 4 rings (SSSR count). The second kappa shape index (κ2) is 4.22. The highest BCUT2D eigenvalue weighted by Crippen LogP contribution is 2.58. The van der Waals surface area contributed by atoms with E-state index in [1.54, 1.807) is 0 Å². The van der Waals surface area contributed by atoms with Crippen molar-refractivity contribution in [1.82, 2.24) is 10.6 Å². The van der Waals surface area contributed by atoms with Gasteiger partial charge in [0.25, 0.3) is 0 Å². The van der Waals surface area contributed by atoms with Gasteiger partial charge in [-0.25, -0.2) is 0 Å². The Bertz CT molecular complexity index is 352. The second-order valence-corrected chi connectivity index (χ2v) is 7.06. The Morgan fingerprint density at radius 2 is 1.94 bits per heavy atom. The molecule has 3 nitrogen and oxygen atoms in total. The maximum Gasteiger partial charge on any atom is 0.220 e. The van der Waals surface area contributed by atoms with Crippen molar-refractivity contribution < 1.29 is 4.79 Å². The molecule has 0 aromatic rings. The van der Waals surface area contributed by atoms with E-state index in [0.717, 1.165) is 43.2 Å². The standard InChI is InChI=1S/C15H24N2O/c18-15(4-9-7-16-8-9)17-14-6-10-5-13(14)12-3-1-2-11(10)12/h9-14,16H,1-8H2,(H,17,18). The first-order valence-electron chi connectivity index (χ1n) is 7.81. The van der Waals surface area contributed by atoms with E-state index in [-0.39, 0.29) is 0 Å². The first-order chi connectivity index (χ1) is 8.81. The van der Waals surface area contributed by atoms with Crippen LogP contribution in [0.4, 0.5) is 0 Å². The van der Waals surface area contributed by atoms with Crippen molar-refractivity contribution in [2.45, 2.75) is 44.6 Å². The minimum atomic E-state index is 0.314. The van der Waals surface area contributed by atoms with Gasteiger partial charge in [0.2, 0.25) is 5.91 Å². The van der Waals surface area contributed by atoms with E-state index < -0.39 is 0 Å². The third kappa shape index (κ3) is 1.70. The Morgan fingerprint density at radius 1 is 1.11 bits per heavy atom. The molecule has 1 amide bonds. The van der Waals surface area contributed by atoms with E-state index in [1.807, 2.05) is 0 Å². The lowest BCUT2D eigenvalue weighted by Gasteiger charge is -2.33. The minimum Gasteiger partial charge on any atom is -0.353 e. The van der Waals surface area contributed by atoms with Gasteiger partial charge >= 0.3 is 0 Å². The van der Waals surface area contributed by atoms with Gasteiger partial charge in [0.15, 0.2) is 0 Å². The SMILES string of the molecule is O=C(CC1CNC1)NC1CC2CC1C1CCCC21. The number of fused-ring (bicyclic) bond motifs is 5. The van der Waals surface area contributed by atoms with Crippen molar-refractivity contribution in [2.75, 3.05) is 13.1 Å². The fourth-order valence-corrected chi connectivity index (χ4v) is 5.25. The fraction of sp³-hybridized carbons (Fsp3) is 0.933. The number of carbonyl (C=O) groups excluding carboxylic acids is 1. The zero-order valence-corrected chi connectivity index (χ0v) is 11.0. The van der Waals surface area contributed by atoms with Crippen molar-refractivity contribution in [3.05, 3.63) is 0 Å². The molecule has 5 atom stereocenters. The number of rotatable bonds is 3. The Kier molecular flexibility index (Phi) is 2.65. The quantitative estimate of drug-likeness (QED) is 0.795. The summed E-state index contributed by atoms with van der Waals surface area (Å²) in [7, 11) is 0. The van der Waals surface area contributed by atoms with Crippen LogP contribution in [0.5, 0.6) is 0 Å². The number of hydrogen-bond donors (Lipinski definition) is 2. The predicted octanol–water partition coefficient (Wildman–Crippen LogP) is 1.54. The molecule has 2 bridgehead atoms. The molecule has 3 heteroatoms. The van der Waals surface area contributed by atoms with E-state index in [4.69, 9.17) is 0 Å². The molecule has 5 unspecified atom stereocenters. The molecule has 0 radical (unpaired) electrons. The van der Waals surface area contributed by atoms with Gasteiger partial charge in [-0.15, -0.1) is 0 Å². The molecule has 1 heterocycles. The van der Waals surface area contributed by atoms with Crippen molar-refractivity contribution in [3.63, 3.8) is 0 Å². The lowest BCUT2D eigenvalue weighted by atomic mass is 9.79. The molecular formula is C15H24N2O. The molecule has 0 spiro atoms. The van der Waals surface area contributed by atoms with E-state index in [0.29, 0.717) is 17.9 Å². The Hall–Kier alpha value is -0.570. The zero-order chi connectivity index (χ0) is 12.1. The molecule has 0 aromatic carbocycles. The molecular weight excluding hydrogens is 224 g/mol. The summed E-state index contributed by atoms with van der Waals surface area (Å²) in [4.78, 5) is 12.0. The van der Waals surface area contributed by atoms with Gasteiger partial charge in [0, 0.05) is 12.5 Å². The van der Waals surface area contributed by atoms with Gasteiger partial charge in [-0.05, 0) is 68.4 Å². The van der Waals surface area contributed by atoms with Crippen LogP contribution in [-0.2, 0) is 4.79 Å². The average molecular weight is 248 g/mol. The second-order valence-electron chi connectivity index (χ2n) is 7.06. The van der Waals surface area contributed by atoms with Gasteiger partial charge in [0.1, 0.15) is 0 Å². The summed E-state index contributed by atoms with van der Waals surface area (Å²) in [6, 6.07) is 0.523. The lowest BCUT2D eigenvalue weighted by molar-refractivity contribution is -0.123. The highest BCUT2D eigenvalue weighted by atomic mass is 16.1. The van der Waals surface area contributed by atoms with Crippen molar-refractivity contribution in [1.29, 1.82) is 0 Å². The summed E-state index contributed by atoms with van der Waals surface area (Å²) >= 11 is 0. The highest BCUT2D eigenvalue weighted by molar-refractivity contribution is 5.76. The number of amides is 1. The molecule has 1 saturated heterocycles. The smallest absolute Gasteiger partial charge is 0.220 e. The Balaban J connectivity index is 1.34. The normalized spacial score (nSPS) is 45.9. The first-order valence-corrected chi connectivity index (χ1v) is 7.81. The summed E-state index contributed by atoms with van der Waals surface area (Å²) in [5.74, 6) is 4.67. The summed E-state index contributed by atoms with van der Waals surface area (Å²) in [6.45, 7) is 2.07. The van der Waals surface area contributed by atoms with Gasteiger partial charge in [-0.3, -0.25) is 4.79 Å². The predicted molar refractivity (Wildman–Crippen MR) is 70.0 cm³/mol. The van der Waals surface area contributed by atoms with E-state index in [1.165, 1.54) is 32.1 Å². The molecule has 1 aliphatic heterocycles. The molecule has 4 aliphatic rings. The third-order valence-electron chi connectivity index (χ3n) is 6.12. The van der Waals surface area contributed by atoms with Gasteiger partial charge in [0.05, 0.1) is 0 Å². The van der Waals surface area contributed by atoms with Crippen LogP contribution >= 0.6 is 0 Å². The summed E-state index contributed by atoms with van der Waals surface area (Å²) in [6.07, 6.45) is 7.78. The van der Waals surface area contributed by atoms with Gasteiger partial charge in [-0.2, -0.15) is 0 Å². The molecule has 2 N–H and O–H groups in total. The maximum absolute atomic E-state index is 12.0. The summed E-state index contributed by atoms with van der Waals surface area (Å²) in [5, 5.41) is 6.59. The zero-order valence-electron chi connectivity index (χ0n) is 11.0. The van der Waals surface area contributed by atoms with E-state index in [2.05, 4.69) is 10.6 Å². The highest BCUT2D eigenvalue weighted by Gasteiger charge is 2.53. The number of nitrogens with one attached hydrogen (secondary N) is 2. The topological polar surface area (TPSA) is 41.1 Å². The molecule has 18 heavy (non-hydrogen) atoms. The van der Waals surface area contributed by atoms with Crippen LogP contribution in [0.25, 0.3) is 0 Å². The largest absolute Gasteiger partial charge is 0.353 e. The lowest BCUT2D eigenvalue weighted by Crippen LogP contribution is -2.47.